The van der Waals surface area contributed by atoms with Crippen molar-refractivity contribution in [1.82, 2.24) is 15.2 Å². The van der Waals surface area contributed by atoms with Crippen LogP contribution in [-0.2, 0) is 14.8 Å². The Hall–Kier alpha value is -4.34. The van der Waals surface area contributed by atoms with E-state index in [0.717, 1.165) is 4.68 Å². The quantitative estimate of drug-likeness (QED) is 0.164. The van der Waals surface area contributed by atoms with Crippen LogP contribution in [0.5, 0.6) is 0 Å². The molecule has 3 aromatic carbocycles. The van der Waals surface area contributed by atoms with Gasteiger partial charge in [0.2, 0.25) is 5.91 Å². The van der Waals surface area contributed by atoms with E-state index in [4.69, 9.17) is 11.6 Å². The summed E-state index contributed by atoms with van der Waals surface area (Å²) in [6.45, 7) is 0. The van der Waals surface area contributed by atoms with Crippen LogP contribution in [0.2, 0.25) is 5.02 Å². The molecular weight excluding hydrogens is 570 g/mol. The van der Waals surface area contributed by atoms with Gasteiger partial charge in [-0.25, -0.2) is 18.6 Å². The molecule has 0 fully saturated rings. The number of thioether (sulfide) groups is 1. The maximum atomic E-state index is 12.8. The molecule has 2 amide bonds. The lowest BCUT2D eigenvalue weighted by Crippen LogP contribution is -2.33. The fourth-order valence-electron chi connectivity index (χ4n) is 3.47. The molecule has 4 rings (SSSR count). The van der Waals surface area contributed by atoms with Gasteiger partial charge in [0.25, 0.3) is 15.7 Å². The summed E-state index contributed by atoms with van der Waals surface area (Å²) in [6.07, 6.45) is 2.98. The van der Waals surface area contributed by atoms with Gasteiger partial charge in [0, 0.05) is 22.5 Å². The zero-order chi connectivity index (χ0) is 28.2. The van der Waals surface area contributed by atoms with E-state index in [1.165, 1.54) is 72.6 Å². The molecule has 4 N–H and O–H groups in total. The van der Waals surface area contributed by atoms with Crippen molar-refractivity contribution in [3.8, 4) is 0 Å². The first-order chi connectivity index (χ1) is 18.6. The summed E-state index contributed by atoms with van der Waals surface area (Å²) in [5.41, 5.74) is 5.95. The number of nitro groups is 1. The van der Waals surface area contributed by atoms with Gasteiger partial charge in [-0.15, -0.1) is 0 Å². The van der Waals surface area contributed by atoms with Gasteiger partial charge in [0.15, 0.2) is 0 Å². The van der Waals surface area contributed by atoms with Crippen LogP contribution >= 0.6 is 23.4 Å². The van der Waals surface area contributed by atoms with Crippen molar-refractivity contribution in [3.05, 3.63) is 82.0 Å². The number of hydrogen-bond donors (Lipinski definition) is 4. The van der Waals surface area contributed by atoms with Gasteiger partial charge in [-0.2, -0.15) is 21.5 Å². The number of carbonyl (C=O) groups is 2. The maximum absolute atomic E-state index is 12.8. The van der Waals surface area contributed by atoms with Crippen LogP contribution in [0.3, 0.4) is 0 Å². The fourth-order valence-corrected chi connectivity index (χ4v) is 5.12. The van der Waals surface area contributed by atoms with E-state index in [2.05, 4.69) is 26.0 Å². The number of rotatable bonds is 9. The van der Waals surface area contributed by atoms with Crippen LogP contribution in [0.1, 0.15) is 0 Å². The number of benzene rings is 3. The Kier molecular flexibility index (Phi) is 8.23. The summed E-state index contributed by atoms with van der Waals surface area (Å²) < 4.78 is 29.0. The molecule has 16 heteroatoms. The zero-order valence-corrected chi connectivity index (χ0v) is 22.4. The average Bonchev–Trinajstić information content (AvgIpc) is 3.31. The third kappa shape index (κ3) is 6.57. The molecule has 0 bridgehead atoms. The summed E-state index contributed by atoms with van der Waals surface area (Å²) in [6, 6.07) is 13.7. The molecule has 202 valence electrons. The molecule has 0 unspecified atom stereocenters. The van der Waals surface area contributed by atoms with Gasteiger partial charge < -0.3 is 5.32 Å². The second-order valence-electron chi connectivity index (χ2n) is 7.92. The van der Waals surface area contributed by atoms with E-state index < -0.39 is 21.0 Å². The SMILES string of the molecule is CSCC(=O)Nc1cccc(S(=O)(=O)Nc2ccc(NNC(=O)n3ncc4c([N+](=O)[O-])cc(Cl)cc43)cc2)c1. The first-order valence-corrected chi connectivity index (χ1v) is 14.2. The van der Waals surface area contributed by atoms with Gasteiger partial charge in [-0.05, 0) is 54.8 Å². The second kappa shape index (κ2) is 11.6. The van der Waals surface area contributed by atoms with Crippen molar-refractivity contribution >= 4 is 79.0 Å². The van der Waals surface area contributed by atoms with E-state index in [9.17, 15) is 28.1 Å². The number of halogens is 1. The predicted molar refractivity (Wildman–Crippen MR) is 150 cm³/mol. The number of hydrazine groups is 1. The summed E-state index contributed by atoms with van der Waals surface area (Å²) in [5.74, 6) is -0.00286. The number of sulfonamides is 1. The normalized spacial score (nSPS) is 11.1. The summed E-state index contributed by atoms with van der Waals surface area (Å²) in [7, 11) is -3.95. The Balaban J connectivity index is 1.41. The number of amides is 2. The first-order valence-electron chi connectivity index (χ1n) is 11.0. The van der Waals surface area contributed by atoms with Gasteiger partial charge in [-0.1, -0.05) is 17.7 Å². The third-order valence-corrected chi connectivity index (χ3v) is 7.32. The molecule has 0 aliphatic heterocycles. The highest BCUT2D eigenvalue weighted by molar-refractivity contribution is 7.99. The minimum atomic E-state index is -3.95. The molecular formula is C23H20ClN7O6S2. The first kappa shape index (κ1) is 27.7. The van der Waals surface area contributed by atoms with Crippen LogP contribution in [0.15, 0.2) is 71.8 Å². The van der Waals surface area contributed by atoms with Crippen LogP contribution in [-0.4, -0.2) is 47.1 Å². The monoisotopic (exact) mass is 589 g/mol. The Morgan fingerprint density at radius 2 is 1.79 bits per heavy atom. The van der Waals surface area contributed by atoms with Crippen molar-refractivity contribution in [2.45, 2.75) is 4.90 Å². The Labute approximate surface area is 231 Å². The van der Waals surface area contributed by atoms with Gasteiger partial charge >= 0.3 is 6.03 Å². The highest BCUT2D eigenvalue weighted by atomic mass is 35.5. The van der Waals surface area contributed by atoms with Crippen LogP contribution in [0.25, 0.3) is 10.9 Å². The van der Waals surface area contributed by atoms with E-state index in [-0.39, 0.29) is 43.9 Å². The number of non-ortho nitro benzene ring substituents is 1. The zero-order valence-electron chi connectivity index (χ0n) is 20.0. The lowest BCUT2D eigenvalue weighted by atomic mass is 10.2. The number of nitro benzene ring substituents is 1. The molecule has 0 saturated heterocycles. The Morgan fingerprint density at radius 3 is 2.49 bits per heavy atom. The number of carbonyl (C=O) groups excluding carboxylic acids is 2. The Morgan fingerprint density at radius 1 is 1.08 bits per heavy atom. The number of hydrogen-bond acceptors (Lipinski definition) is 9. The van der Waals surface area contributed by atoms with E-state index in [0.29, 0.717) is 11.4 Å². The van der Waals surface area contributed by atoms with Gasteiger partial charge in [0.05, 0.1) is 38.4 Å². The van der Waals surface area contributed by atoms with Gasteiger partial charge in [0.1, 0.15) is 0 Å². The van der Waals surface area contributed by atoms with Crippen molar-refractivity contribution < 1.29 is 22.9 Å². The molecule has 1 aromatic heterocycles. The highest BCUT2D eigenvalue weighted by Gasteiger charge is 2.20. The smallest absolute Gasteiger partial charge is 0.325 e. The van der Waals surface area contributed by atoms with Crippen LogP contribution in [0.4, 0.5) is 27.5 Å². The summed E-state index contributed by atoms with van der Waals surface area (Å²) in [5, 5.41) is 18.0. The number of fused-ring (bicyclic) bond motifs is 1. The minimum Gasteiger partial charge on any atom is -0.325 e. The van der Waals surface area contributed by atoms with Crippen molar-refractivity contribution in [2.75, 3.05) is 27.5 Å². The number of nitrogens with one attached hydrogen (secondary N) is 4. The number of aromatic nitrogens is 2. The molecule has 1 heterocycles. The molecule has 0 saturated carbocycles. The topological polar surface area (TPSA) is 177 Å². The second-order valence-corrected chi connectivity index (χ2v) is 10.9. The fraction of sp³-hybridized carbons (Fsp3) is 0.0870. The molecule has 4 aromatic rings. The van der Waals surface area contributed by atoms with Crippen LogP contribution in [0, 0.1) is 10.1 Å². The van der Waals surface area contributed by atoms with Gasteiger partial charge in [-0.3, -0.25) is 25.1 Å². The summed E-state index contributed by atoms with van der Waals surface area (Å²) in [4.78, 5) is 35.0. The van der Waals surface area contributed by atoms with E-state index in [1.54, 1.807) is 12.3 Å². The molecule has 0 atom stereocenters. The molecule has 39 heavy (non-hydrogen) atoms. The number of anilines is 3. The average molecular weight is 590 g/mol. The molecule has 13 nitrogen and oxygen atoms in total. The molecule has 0 radical (unpaired) electrons. The van der Waals surface area contributed by atoms with Crippen LogP contribution < -0.4 is 20.9 Å². The lowest BCUT2D eigenvalue weighted by molar-refractivity contribution is -0.383. The van der Waals surface area contributed by atoms with Crippen molar-refractivity contribution in [1.29, 1.82) is 0 Å². The third-order valence-electron chi connectivity index (χ3n) is 5.18. The summed E-state index contributed by atoms with van der Waals surface area (Å²) >= 11 is 7.30. The van der Waals surface area contributed by atoms with Crippen molar-refractivity contribution in [3.63, 3.8) is 0 Å². The molecule has 0 spiro atoms. The van der Waals surface area contributed by atoms with Crippen molar-refractivity contribution in [2.24, 2.45) is 0 Å². The lowest BCUT2D eigenvalue weighted by Gasteiger charge is -2.12. The largest absolute Gasteiger partial charge is 0.361 e. The Bertz CT molecular complexity index is 1680. The number of nitrogens with zero attached hydrogens (tertiary/aromatic N) is 3. The molecule has 0 aliphatic rings. The van der Waals surface area contributed by atoms with E-state index >= 15 is 0 Å². The highest BCUT2D eigenvalue weighted by Crippen LogP contribution is 2.29. The molecule has 0 aliphatic carbocycles. The standard InChI is InChI=1S/C23H20ClN7O6S2/c1-38-13-22(32)26-17-3-2-4-18(11-17)39(36,37)29-16-7-5-15(6-8-16)27-28-23(33)30-20-9-14(24)10-21(31(34)35)19(20)12-25-30/h2-12,27,29H,13H2,1H3,(H,26,32)(H,28,33). The van der Waals surface area contributed by atoms with E-state index in [1.807, 2.05) is 0 Å². The predicted octanol–water partition coefficient (Wildman–Crippen LogP) is 4.29. The maximum Gasteiger partial charge on any atom is 0.361 e. The minimum absolute atomic E-state index is 0.0364.